The lowest BCUT2D eigenvalue weighted by atomic mass is 9.89. The summed E-state index contributed by atoms with van der Waals surface area (Å²) in [5, 5.41) is 20.7. The van der Waals surface area contributed by atoms with E-state index in [1.165, 1.54) is 31.8 Å². The molecule has 31 nitrogen and oxygen atoms in total. The van der Waals surface area contributed by atoms with Crippen LogP contribution in [0.5, 0.6) is 0 Å². The number of nitrogens with one attached hydrogen (secondary N) is 8. The number of hydrogen-bond acceptors (Lipinski definition) is 21. The van der Waals surface area contributed by atoms with Gasteiger partial charge in [0.25, 0.3) is 45.9 Å². The number of carbonyl (C=O) groups is 7. The molecular formula is C72H87Br2ClN20O11. The van der Waals surface area contributed by atoms with Gasteiger partial charge in [-0.1, -0.05) is 25.7 Å². The molecule has 562 valence electrons. The molecule has 0 atom stereocenters. The van der Waals surface area contributed by atoms with Gasteiger partial charge in [0.2, 0.25) is 11.8 Å². The molecule has 6 fully saturated rings. The van der Waals surface area contributed by atoms with Crippen molar-refractivity contribution >= 4 is 132 Å². The number of nitrogens with zero attached hydrogens (tertiary/aromatic N) is 9. The van der Waals surface area contributed by atoms with Crippen molar-refractivity contribution in [1.29, 1.82) is 0 Å². The zero-order chi connectivity index (χ0) is 75.1. The number of H-pyrrole nitrogens is 1. The van der Waals surface area contributed by atoms with Crippen molar-refractivity contribution in [2.45, 2.75) is 199 Å². The number of primary amides is 1. The predicted molar refractivity (Wildman–Crippen MR) is 407 cm³/mol. The predicted octanol–water partition coefficient (Wildman–Crippen LogP) is 9.20. The Hall–Kier alpha value is -10.0. The summed E-state index contributed by atoms with van der Waals surface area (Å²) in [5.41, 5.74) is 18.7. The zero-order valence-electron chi connectivity index (χ0n) is 59.3. The second-order valence-corrected chi connectivity index (χ2v) is 29.7. The Morgan fingerprint density at radius 1 is 0.453 bits per heavy atom. The number of aromatic nitrogens is 10. The first kappa shape index (κ1) is 78.6. The number of halogens is 3. The summed E-state index contributed by atoms with van der Waals surface area (Å²) < 4.78 is 5.91. The van der Waals surface area contributed by atoms with E-state index in [1.807, 2.05) is 20.8 Å². The van der Waals surface area contributed by atoms with Gasteiger partial charge in [0, 0.05) is 42.9 Å². The summed E-state index contributed by atoms with van der Waals surface area (Å²) in [7, 11) is 0. The second kappa shape index (κ2) is 33.6. The molecule has 6 aliphatic carbocycles. The number of nitrogen functional groups attached to an aromatic ring is 2. The first-order valence-corrected chi connectivity index (χ1v) is 37.1. The molecule has 14 N–H and O–H groups in total. The number of nitrogens with two attached hydrogens (primary N) is 3. The minimum Gasteiger partial charge on any atom is -0.384 e. The van der Waals surface area contributed by atoms with Crippen LogP contribution in [0.3, 0.4) is 0 Å². The van der Waals surface area contributed by atoms with Crippen LogP contribution in [0, 0.1) is 39.5 Å². The minimum absolute atomic E-state index is 0. The van der Waals surface area contributed by atoms with Gasteiger partial charge in [-0.15, -0.1) is 12.4 Å². The average molecular weight is 1600 g/mol. The van der Waals surface area contributed by atoms with E-state index in [9.17, 15) is 52.7 Å². The van der Waals surface area contributed by atoms with Gasteiger partial charge in [-0.25, -0.2) is 29.9 Å². The summed E-state index contributed by atoms with van der Waals surface area (Å²) in [4.78, 5) is 158. The van der Waals surface area contributed by atoms with Gasteiger partial charge in [0.1, 0.15) is 111 Å². The topological polar surface area (TPSA) is 458 Å². The monoisotopic (exact) mass is 1600 g/mol. The standard InChI is InChI=1S/C21H24N6O3.C17H20N6O2.C13H15BrN2O2.C8H10N4O.C7H7BrN2O2.C6H10O.ClH/c1-12-9-14(24-15-10-16(23-11-22-15)25-18(28)13-5-6-13)20(30)27-17(12)19(29)26-21(27)7-3-2-4-8-21;1-10-7-11(21-13-8-12(18)19-9-20-13)16(25)23-14(10)15(24)22-17(23)5-3-2-4-6-17;1-8-7-9(14)12(18)16-10(8)11(17)15-13(16)5-3-2-4-6-13;9-6-3-7(11-4-10-6)12-8(13)5-1-2-5;1-3-2-4(8)7(12)10-5(3)6(9)11;7-6-4-2-1-3-5-6;/h9-11,13H,2-8H2,1H3,(H,26,29)(H2,22,23,24,25,28);7-9H,2-6H2,1H3,(H,22,24)(H3,18,19,20,21);7H,2-6H2,1H3,(H,15,17);3-5H,1-2H2,(H3,9,10,11,12,13);2H,1H3,(H2,9,11)(H,10,12);1-5H2;1H. The van der Waals surface area contributed by atoms with Crippen molar-refractivity contribution in [2.75, 3.05) is 32.7 Å². The lowest BCUT2D eigenvalue weighted by molar-refractivity contribution is -0.120. The lowest BCUT2D eigenvalue weighted by Gasteiger charge is -2.35. The van der Waals surface area contributed by atoms with E-state index in [4.69, 9.17) is 17.2 Å². The number of aromatic amines is 1. The minimum atomic E-state index is -0.640. The molecule has 16 rings (SSSR count). The Morgan fingerprint density at radius 3 is 1.19 bits per heavy atom. The van der Waals surface area contributed by atoms with Gasteiger partial charge in [0.15, 0.2) is 0 Å². The Bertz CT molecular complexity index is 4810. The molecule has 0 bridgehead atoms. The highest BCUT2D eigenvalue weighted by atomic mass is 79.9. The Balaban J connectivity index is 0.000000143. The molecule has 106 heavy (non-hydrogen) atoms. The number of anilines is 8. The number of fused-ring (bicyclic) bond motifs is 6. The van der Waals surface area contributed by atoms with Gasteiger partial charge < -0.3 is 59.4 Å². The highest BCUT2D eigenvalue weighted by molar-refractivity contribution is 9.10. The summed E-state index contributed by atoms with van der Waals surface area (Å²) in [6.07, 6.45) is 27.2. The number of ketones is 1. The van der Waals surface area contributed by atoms with Crippen LogP contribution in [-0.2, 0) is 31.4 Å². The van der Waals surface area contributed by atoms with Crippen molar-refractivity contribution in [3.8, 4) is 0 Å². The fraction of sp³-hybridized carbons (Fsp3) is 0.458. The molecule has 0 saturated heterocycles. The van der Waals surface area contributed by atoms with Crippen LogP contribution in [0.1, 0.15) is 218 Å². The van der Waals surface area contributed by atoms with Gasteiger partial charge in [-0.3, -0.25) is 66.4 Å². The normalized spacial score (nSPS) is 17.8. The third-order valence-corrected chi connectivity index (χ3v) is 21.1. The van der Waals surface area contributed by atoms with Crippen LogP contribution in [0.2, 0.25) is 0 Å². The van der Waals surface area contributed by atoms with Gasteiger partial charge in [-0.2, -0.15) is 0 Å². The zero-order valence-corrected chi connectivity index (χ0v) is 63.3. The number of pyridine rings is 4. The fourth-order valence-corrected chi connectivity index (χ4v) is 15.4. The van der Waals surface area contributed by atoms with Crippen molar-refractivity contribution in [3.05, 3.63) is 157 Å². The van der Waals surface area contributed by atoms with Gasteiger partial charge >= 0.3 is 0 Å². The first-order valence-electron chi connectivity index (χ1n) is 35.5. The van der Waals surface area contributed by atoms with E-state index in [0.29, 0.717) is 83.7 Å². The van der Waals surface area contributed by atoms with Crippen LogP contribution in [0.4, 0.5) is 46.3 Å². The third kappa shape index (κ3) is 17.9. The third-order valence-electron chi connectivity index (χ3n) is 20.0. The number of aryl methyl sites for hydroxylation is 4. The number of rotatable bonds is 9. The Kier molecular flexibility index (Phi) is 24.9. The summed E-state index contributed by atoms with van der Waals surface area (Å²) in [5.74, 6) is 1.98. The molecule has 6 saturated carbocycles. The Morgan fingerprint density at radius 2 is 0.802 bits per heavy atom. The Labute approximate surface area is 632 Å². The van der Waals surface area contributed by atoms with Crippen molar-refractivity contribution in [2.24, 2.45) is 17.6 Å². The molecule has 0 aromatic carbocycles. The maximum absolute atomic E-state index is 13.4. The van der Waals surface area contributed by atoms with E-state index < -0.39 is 22.9 Å². The summed E-state index contributed by atoms with van der Waals surface area (Å²) in [6.45, 7) is 7.24. The highest BCUT2D eigenvalue weighted by Gasteiger charge is 2.48. The molecule has 3 spiro atoms. The van der Waals surface area contributed by atoms with Crippen LogP contribution >= 0.6 is 44.3 Å². The second-order valence-electron chi connectivity index (χ2n) is 28.0. The number of amides is 6. The maximum Gasteiger partial charge on any atom is 0.276 e. The van der Waals surface area contributed by atoms with E-state index in [2.05, 4.69) is 104 Å². The molecule has 9 aliphatic rings. The molecule has 0 radical (unpaired) electrons. The molecule has 7 aromatic heterocycles. The summed E-state index contributed by atoms with van der Waals surface area (Å²) >= 11 is 6.33. The number of hydrogen-bond donors (Lipinski definition) is 11. The molecule has 34 heteroatoms. The van der Waals surface area contributed by atoms with Crippen molar-refractivity contribution in [1.82, 2.24) is 64.5 Å². The van der Waals surface area contributed by atoms with Gasteiger partial charge in [0.05, 0.1) is 8.95 Å². The average Bonchev–Trinajstić information content (AvgIpc) is 1.58. The maximum atomic E-state index is 13.4. The molecule has 3 aliphatic heterocycles. The molecule has 6 amide bonds. The van der Waals surface area contributed by atoms with E-state index >= 15 is 0 Å². The molecule has 10 heterocycles. The number of carbonyl (C=O) groups excluding carboxylic acids is 7. The van der Waals surface area contributed by atoms with E-state index in [1.54, 1.807) is 63.1 Å². The number of Topliss-reactive ketones (excluding diaryl/α,β-unsaturated/α-hetero) is 1. The lowest BCUT2D eigenvalue weighted by Crippen LogP contribution is -2.48. The molecular weight excluding hydrogens is 1520 g/mol. The van der Waals surface area contributed by atoms with Crippen LogP contribution in [0.15, 0.2) is 89.6 Å². The van der Waals surface area contributed by atoms with E-state index in [0.717, 1.165) is 158 Å². The van der Waals surface area contributed by atoms with Crippen molar-refractivity contribution in [3.63, 3.8) is 0 Å². The largest absolute Gasteiger partial charge is 0.384 e. The highest BCUT2D eigenvalue weighted by Crippen LogP contribution is 2.41. The fourth-order valence-electron chi connectivity index (χ4n) is 14.5. The summed E-state index contributed by atoms with van der Waals surface area (Å²) in [6, 6.07) is 11.4. The van der Waals surface area contributed by atoms with Crippen LogP contribution < -0.4 is 76.7 Å². The SMILES string of the molecule is Cc1cc(Br)c(=O)[nH]c1C(N)=O.Cc1cc(Br)c(=O)n2c1C(=O)NC21CCCCC1.Cc1cc(Nc2cc(N)ncn2)c(=O)n2c1C(=O)NC21CCCCC1.Cc1cc(Nc2cc(NC(=O)C3CC3)ncn2)c(=O)n2c1C(=O)NC21CCCCC1.Cl.Nc1cc(NC(=O)C2CC2)ncn1.O=C1CCCCC1. The molecule has 7 aromatic rings. The van der Waals surface area contributed by atoms with E-state index in [-0.39, 0.29) is 81.7 Å². The van der Waals surface area contributed by atoms with Crippen LogP contribution in [0.25, 0.3) is 0 Å². The van der Waals surface area contributed by atoms with Gasteiger partial charge in [-0.05, 0) is 222 Å². The smallest absolute Gasteiger partial charge is 0.276 e. The quantitative estimate of drug-likeness (QED) is 0.0641. The first-order chi connectivity index (χ1) is 50.2. The van der Waals surface area contributed by atoms with Crippen molar-refractivity contribution < 1.29 is 33.6 Å². The molecule has 0 unspecified atom stereocenters. The van der Waals surface area contributed by atoms with Crippen LogP contribution in [-0.4, -0.2) is 89.8 Å².